The quantitative estimate of drug-likeness (QED) is 0.270. The summed E-state index contributed by atoms with van der Waals surface area (Å²) in [7, 11) is 0. The van der Waals surface area contributed by atoms with Crippen molar-refractivity contribution in [3.8, 4) is 22.4 Å². The molecule has 40 heavy (non-hydrogen) atoms. The molecule has 200 valence electrons. The number of hydrogen-bond acceptors (Lipinski definition) is 6. The first kappa shape index (κ1) is 25.4. The number of benzene rings is 3. The molecule has 3 aromatic heterocycles. The van der Waals surface area contributed by atoms with Crippen molar-refractivity contribution in [2.45, 2.75) is 33.7 Å². The molecule has 0 radical (unpaired) electrons. The first-order chi connectivity index (χ1) is 19.2. The van der Waals surface area contributed by atoms with Gasteiger partial charge in [0.05, 0.1) is 10.9 Å². The smallest absolute Gasteiger partial charge is 0.203 e. The highest BCUT2D eigenvalue weighted by Gasteiger charge is 2.28. The summed E-state index contributed by atoms with van der Waals surface area (Å²) < 4.78 is 37.0. The Kier molecular flexibility index (Phi) is 5.94. The topological polar surface area (TPSA) is 99.8 Å². The second-order valence-electron chi connectivity index (χ2n) is 9.96. The van der Waals surface area contributed by atoms with Crippen molar-refractivity contribution in [1.29, 1.82) is 0 Å². The molecule has 3 aromatic carbocycles. The average Bonchev–Trinajstić information content (AvgIpc) is 3.32. The van der Waals surface area contributed by atoms with Crippen LogP contribution in [0.4, 0.5) is 14.6 Å². The zero-order valence-electron chi connectivity index (χ0n) is 22.3. The fraction of sp³-hybridized carbons (Fsp3) is 0.161. The minimum absolute atomic E-state index is 0.0406. The molecule has 0 aliphatic heterocycles. The maximum Gasteiger partial charge on any atom is 0.203 e. The van der Waals surface area contributed by atoms with Crippen LogP contribution in [0.3, 0.4) is 0 Å². The van der Waals surface area contributed by atoms with Crippen molar-refractivity contribution in [2.75, 3.05) is 5.73 Å². The predicted molar refractivity (Wildman–Crippen MR) is 151 cm³/mol. The van der Waals surface area contributed by atoms with Crippen LogP contribution in [0.2, 0.25) is 0 Å². The van der Waals surface area contributed by atoms with Gasteiger partial charge in [0.2, 0.25) is 5.43 Å². The van der Waals surface area contributed by atoms with Crippen LogP contribution in [0.15, 0.2) is 70.1 Å². The molecule has 2 N–H and O–H groups in total. The van der Waals surface area contributed by atoms with Crippen LogP contribution >= 0.6 is 0 Å². The summed E-state index contributed by atoms with van der Waals surface area (Å²) in [6.45, 7) is 7.90. The van der Waals surface area contributed by atoms with Crippen LogP contribution in [-0.2, 0) is 0 Å². The molecular formula is C31H25F2N5O2. The number of aromatic nitrogens is 4. The molecule has 6 rings (SSSR count). The fourth-order valence-corrected chi connectivity index (χ4v) is 5.18. The first-order valence-corrected chi connectivity index (χ1v) is 12.7. The molecule has 0 amide bonds. The van der Waals surface area contributed by atoms with Gasteiger partial charge in [-0.25, -0.2) is 23.4 Å². The van der Waals surface area contributed by atoms with Gasteiger partial charge in [-0.2, -0.15) is 5.10 Å². The third kappa shape index (κ3) is 3.93. The molecule has 0 aliphatic carbocycles. The number of nitrogens with two attached hydrogens (primary N) is 1. The van der Waals surface area contributed by atoms with E-state index in [4.69, 9.17) is 15.2 Å². The van der Waals surface area contributed by atoms with Crippen molar-refractivity contribution in [1.82, 2.24) is 19.7 Å². The molecule has 0 aliphatic rings. The van der Waals surface area contributed by atoms with E-state index in [9.17, 15) is 13.6 Å². The zero-order valence-corrected chi connectivity index (χ0v) is 22.3. The van der Waals surface area contributed by atoms with Gasteiger partial charge in [-0.1, -0.05) is 18.2 Å². The van der Waals surface area contributed by atoms with Gasteiger partial charge in [-0.15, -0.1) is 0 Å². The Balaban J connectivity index is 1.66. The predicted octanol–water partition coefficient (Wildman–Crippen LogP) is 6.66. The zero-order chi connectivity index (χ0) is 28.3. The second kappa shape index (κ2) is 9.37. The second-order valence-corrected chi connectivity index (χ2v) is 9.96. The molecule has 6 aromatic rings. The number of aryl methyl sites for hydroxylation is 2. The van der Waals surface area contributed by atoms with Crippen LogP contribution in [0.5, 0.6) is 0 Å². The lowest BCUT2D eigenvalue weighted by Crippen LogP contribution is -2.17. The highest BCUT2D eigenvalue weighted by Crippen LogP contribution is 2.37. The Morgan fingerprint density at radius 2 is 1.65 bits per heavy atom. The summed E-state index contributed by atoms with van der Waals surface area (Å²) in [5.41, 5.74) is 11.3. The molecule has 0 saturated carbocycles. The van der Waals surface area contributed by atoms with E-state index in [1.165, 1.54) is 48.3 Å². The lowest BCUT2D eigenvalue weighted by Gasteiger charge is -2.17. The normalized spacial score (nSPS) is 12.3. The maximum atomic E-state index is 14.8. The van der Waals surface area contributed by atoms with Crippen LogP contribution in [0, 0.1) is 32.4 Å². The van der Waals surface area contributed by atoms with E-state index in [1.54, 1.807) is 17.7 Å². The largest absolute Gasteiger partial charge is 0.458 e. The molecule has 1 unspecified atom stereocenters. The number of hydrogen-bond donors (Lipinski definition) is 1. The van der Waals surface area contributed by atoms with Crippen LogP contribution in [0.1, 0.15) is 35.4 Å². The monoisotopic (exact) mass is 537 g/mol. The number of rotatable bonds is 4. The number of nitrogen functional groups attached to an aromatic ring is 1. The summed E-state index contributed by atoms with van der Waals surface area (Å²) in [6.07, 6.45) is 1.34. The van der Waals surface area contributed by atoms with E-state index in [1.807, 2.05) is 26.0 Å². The van der Waals surface area contributed by atoms with E-state index < -0.39 is 23.1 Å². The Bertz CT molecular complexity index is 2010. The molecule has 7 nitrogen and oxygen atoms in total. The Morgan fingerprint density at radius 3 is 2.38 bits per heavy atom. The van der Waals surface area contributed by atoms with Gasteiger partial charge in [0.1, 0.15) is 52.2 Å². The van der Waals surface area contributed by atoms with Gasteiger partial charge in [0.15, 0.2) is 5.65 Å². The maximum absolute atomic E-state index is 14.8. The van der Waals surface area contributed by atoms with Crippen molar-refractivity contribution < 1.29 is 13.2 Å². The lowest BCUT2D eigenvalue weighted by molar-refractivity contribution is 0.445. The molecule has 9 heteroatoms. The van der Waals surface area contributed by atoms with Crippen molar-refractivity contribution in [3.05, 3.63) is 105 Å². The van der Waals surface area contributed by atoms with Gasteiger partial charge in [-0.05, 0) is 86.3 Å². The molecule has 0 spiro atoms. The van der Waals surface area contributed by atoms with Crippen molar-refractivity contribution >= 4 is 27.8 Å². The van der Waals surface area contributed by atoms with Gasteiger partial charge in [0, 0.05) is 5.56 Å². The molecule has 3 heterocycles. The van der Waals surface area contributed by atoms with E-state index >= 15 is 0 Å². The van der Waals surface area contributed by atoms with Gasteiger partial charge in [0.25, 0.3) is 0 Å². The van der Waals surface area contributed by atoms with E-state index in [0.29, 0.717) is 16.7 Å². The summed E-state index contributed by atoms with van der Waals surface area (Å²) in [5.74, 6) is -0.832. The first-order valence-electron chi connectivity index (χ1n) is 12.7. The van der Waals surface area contributed by atoms with E-state index in [-0.39, 0.29) is 33.7 Å². The molecular weight excluding hydrogens is 512 g/mol. The van der Waals surface area contributed by atoms with Crippen LogP contribution in [0.25, 0.3) is 44.4 Å². The molecule has 0 saturated heterocycles. The fourth-order valence-electron chi connectivity index (χ4n) is 5.18. The van der Waals surface area contributed by atoms with Gasteiger partial charge < -0.3 is 10.2 Å². The average molecular weight is 538 g/mol. The minimum Gasteiger partial charge on any atom is -0.458 e. The number of fused-ring (bicyclic) bond motifs is 2. The Labute approximate surface area is 227 Å². The number of halogens is 2. The molecule has 1 atom stereocenters. The lowest BCUT2D eigenvalue weighted by atomic mass is 9.98. The number of anilines is 1. The van der Waals surface area contributed by atoms with Gasteiger partial charge >= 0.3 is 0 Å². The Morgan fingerprint density at radius 1 is 0.925 bits per heavy atom. The third-order valence-electron chi connectivity index (χ3n) is 7.47. The van der Waals surface area contributed by atoms with Crippen LogP contribution < -0.4 is 11.2 Å². The highest BCUT2D eigenvalue weighted by atomic mass is 19.1. The van der Waals surface area contributed by atoms with Gasteiger partial charge in [-0.3, -0.25) is 4.79 Å². The summed E-state index contributed by atoms with van der Waals surface area (Å²) >= 11 is 0. The van der Waals surface area contributed by atoms with E-state index in [2.05, 4.69) is 16.9 Å². The molecule has 0 bridgehead atoms. The minimum atomic E-state index is -0.725. The van der Waals surface area contributed by atoms with Crippen molar-refractivity contribution in [2.24, 2.45) is 0 Å². The van der Waals surface area contributed by atoms with Crippen LogP contribution in [-0.4, -0.2) is 19.7 Å². The Hall–Kier alpha value is -4.92. The number of nitrogens with zero attached hydrogens (tertiary/aromatic N) is 4. The van der Waals surface area contributed by atoms with E-state index in [0.717, 1.165) is 16.7 Å². The summed E-state index contributed by atoms with van der Waals surface area (Å²) in [5, 5.41) is 5.26. The summed E-state index contributed by atoms with van der Waals surface area (Å²) in [4.78, 5) is 22.5. The standard InChI is InChI=1S/C31H25F2N5O2/c1-15-11-20(12-16(2)17(15)3)27-26-30(34)35-14-36-31(26)38(37-27)18(4)29-24(19-7-5-8-21(32)13-19)28(39)25-22(33)9-6-10-23(25)40-29/h5-14,18H,1-4H3,(H2,34,35,36). The molecule has 0 fully saturated rings. The SMILES string of the molecule is Cc1cc(-c2nn(C(C)c3oc4cccc(F)c4c(=O)c3-c3cccc(F)c3)c3ncnc(N)c23)cc(C)c1C. The third-order valence-corrected chi connectivity index (χ3v) is 7.47. The highest BCUT2D eigenvalue weighted by molar-refractivity contribution is 5.98. The summed E-state index contributed by atoms with van der Waals surface area (Å²) in [6, 6.07) is 13.1. The van der Waals surface area contributed by atoms with Crippen molar-refractivity contribution in [3.63, 3.8) is 0 Å².